The summed E-state index contributed by atoms with van der Waals surface area (Å²) in [5, 5.41) is 10.7. The van der Waals surface area contributed by atoms with Gasteiger partial charge in [0, 0.05) is 26.8 Å². The molecule has 3 nitrogen and oxygen atoms in total. The van der Waals surface area contributed by atoms with E-state index in [1.165, 1.54) is 0 Å². The molecular formula is C17H6F12INO2. The third-order valence-electron chi connectivity index (χ3n) is 4.33. The predicted octanol–water partition coefficient (Wildman–Crippen LogP) is 7.81. The lowest BCUT2D eigenvalue weighted by Crippen LogP contribution is -2.60. The highest BCUT2D eigenvalue weighted by Crippen LogP contribution is 2.60. The summed E-state index contributed by atoms with van der Waals surface area (Å²) in [6.07, 6.45) is -19.8. The SMILES string of the molecule is O=[N+]([O-])c1ccc(-c2c(I)cc(C(F)(F)F)cc2C(F)(C(F)(F)F)C(F)(F)C(F)(F)F)cc1. The van der Waals surface area contributed by atoms with Crippen molar-refractivity contribution in [3.63, 3.8) is 0 Å². The Hall–Kier alpha value is -2.27. The van der Waals surface area contributed by atoms with Crippen LogP contribution in [0.5, 0.6) is 0 Å². The van der Waals surface area contributed by atoms with Gasteiger partial charge in [0.25, 0.3) is 5.69 Å². The Labute approximate surface area is 188 Å². The molecule has 0 radical (unpaired) electrons. The molecule has 1 unspecified atom stereocenters. The van der Waals surface area contributed by atoms with E-state index in [0.29, 0.717) is 24.3 Å². The first kappa shape index (κ1) is 27.0. The third-order valence-corrected chi connectivity index (χ3v) is 5.19. The molecule has 0 N–H and O–H groups in total. The molecule has 0 saturated heterocycles. The standard InChI is InChI=1S/C17H6F12INO2/c18-13(16(24,25)26,15(22,23)17(27,28)29)10-5-8(14(19,20)21)6-11(30)12(10)7-1-3-9(4-2-7)31(32)33/h1-6H. The number of nitro groups is 1. The average molecular weight is 611 g/mol. The molecule has 0 spiro atoms. The van der Waals surface area contributed by atoms with Crippen molar-refractivity contribution in [2.45, 2.75) is 30.1 Å². The first-order chi connectivity index (χ1) is 14.7. The van der Waals surface area contributed by atoms with Crippen LogP contribution in [0.2, 0.25) is 0 Å². The van der Waals surface area contributed by atoms with Gasteiger partial charge in [-0.2, -0.15) is 48.3 Å². The van der Waals surface area contributed by atoms with E-state index in [2.05, 4.69) is 0 Å². The second kappa shape index (κ2) is 8.19. The second-order valence-electron chi connectivity index (χ2n) is 6.41. The van der Waals surface area contributed by atoms with Crippen LogP contribution in [0.1, 0.15) is 11.1 Å². The highest BCUT2D eigenvalue weighted by atomic mass is 127. The summed E-state index contributed by atoms with van der Waals surface area (Å²) >= 11 is 0.900. The number of hydrogen-bond donors (Lipinski definition) is 0. The van der Waals surface area contributed by atoms with Gasteiger partial charge in [-0.3, -0.25) is 10.1 Å². The first-order valence-corrected chi connectivity index (χ1v) is 9.10. The lowest BCUT2D eigenvalue weighted by atomic mass is 9.81. The molecule has 0 saturated carbocycles. The van der Waals surface area contributed by atoms with Crippen LogP contribution >= 0.6 is 22.6 Å². The summed E-state index contributed by atoms with van der Waals surface area (Å²) in [4.78, 5) is 9.71. The molecule has 1 atom stereocenters. The summed E-state index contributed by atoms with van der Waals surface area (Å²) in [6, 6.07) is 1.61. The van der Waals surface area contributed by atoms with Crippen LogP contribution < -0.4 is 0 Å². The number of rotatable bonds is 4. The van der Waals surface area contributed by atoms with Crippen molar-refractivity contribution in [1.82, 2.24) is 0 Å². The molecule has 0 heterocycles. The second-order valence-corrected chi connectivity index (χ2v) is 7.57. The molecule has 0 aliphatic rings. The lowest BCUT2D eigenvalue weighted by Gasteiger charge is -2.37. The zero-order valence-electron chi connectivity index (χ0n) is 15.1. The van der Waals surface area contributed by atoms with Crippen molar-refractivity contribution in [1.29, 1.82) is 0 Å². The van der Waals surface area contributed by atoms with Crippen molar-refractivity contribution in [2.75, 3.05) is 0 Å². The number of benzene rings is 2. The van der Waals surface area contributed by atoms with Crippen LogP contribution in [-0.2, 0) is 11.8 Å². The van der Waals surface area contributed by atoms with Gasteiger partial charge in [0.15, 0.2) is 0 Å². The van der Waals surface area contributed by atoms with Gasteiger partial charge in [0.2, 0.25) is 0 Å². The number of alkyl halides is 12. The molecule has 0 aliphatic heterocycles. The Morgan fingerprint density at radius 2 is 1.24 bits per heavy atom. The van der Waals surface area contributed by atoms with Gasteiger partial charge in [-0.15, -0.1) is 0 Å². The number of non-ortho nitro benzene ring substituents is 1. The average Bonchev–Trinajstić information content (AvgIpc) is 2.64. The van der Waals surface area contributed by atoms with Gasteiger partial charge in [-0.1, -0.05) is 0 Å². The fraction of sp³-hybridized carbons (Fsp3) is 0.294. The highest BCUT2D eigenvalue weighted by Gasteiger charge is 2.82. The third kappa shape index (κ3) is 4.57. The maximum atomic E-state index is 15.1. The minimum Gasteiger partial charge on any atom is -0.258 e. The number of halogens is 13. The fourth-order valence-electron chi connectivity index (χ4n) is 2.78. The first-order valence-electron chi connectivity index (χ1n) is 8.02. The molecule has 2 aromatic rings. The van der Waals surface area contributed by atoms with E-state index in [0.717, 1.165) is 22.6 Å². The predicted molar refractivity (Wildman–Crippen MR) is 96.1 cm³/mol. The Morgan fingerprint density at radius 1 is 0.758 bits per heavy atom. The fourth-order valence-corrected chi connectivity index (χ4v) is 3.72. The van der Waals surface area contributed by atoms with Crippen LogP contribution in [0.15, 0.2) is 36.4 Å². The molecule has 182 valence electrons. The largest absolute Gasteiger partial charge is 0.457 e. The van der Waals surface area contributed by atoms with E-state index >= 15 is 4.39 Å². The summed E-state index contributed by atoms with van der Waals surface area (Å²) in [5.74, 6) is -7.22. The topological polar surface area (TPSA) is 43.1 Å². The molecule has 0 aliphatic carbocycles. The summed E-state index contributed by atoms with van der Waals surface area (Å²) in [7, 11) is 0. The van der Waals surface area contributed by atoms with Gasteiger partial charge in [0.1, 0.15) is 0 Å². The summed E-state index contributed by atoms with van der Waals surface area (Å²) < 4.78 is 161. The molecule has 0 fully saturated rings. The quantitative estimate of drug-likeness (QED) is 0.153. The zero-order valence-corrected chi connectivity index (χ0v) is 17.3. The van der Waals surface area contributed by atoms with E-state index in [4.69, 9.17) is 0 Å². The van der Waals surface area contributed by atoms with E-state index < -0.39 is 72.6 Å². The maximum Gasteiger partial charge on any atom is 0.457 e. The van der Waals surface area contributed by atoms with Crippen LogP contribution in [0.25, 0.3) is 11.1 Å². The van der Waals surface area contributed by atoms with Gasteiger partial charge in [-0.25, -0.2) is 4.39 Å². The zero-order chi connectivity index (χ0) is 25.8. The highest BCUT2D eigenvalue weighted by molar-refractivity contribution is 14.1. The normalized spacial score (nSPS) is 15.3. The Balaban J connectivity index is 3.07. The minimum atomic E-state index is -7.22. The van der Waals surface area contributed by atoms with E-state index in [1.807, 2.05) is 0 Å². The van der Waals surface area contributed by atoms with E-state index in [-0.39, 0.29) is 6.07 Å². The smallest absolute Gasteiger partial charge is 0.258 e. The van der Waals surface area contributed by atoms with Crippen LogP contribution in [-0.4, -0.2) is 23.2 Å². The molecule has 2 rings (SSSR count). The summed E-state index contributed by atoms with van der Waals surface area (Å²) in [6.45, 7) is 0. The maximum absolute atomic E-state index is 15.1. The Bertz CT molecular complexity index is 1060. The molecule has 16 heteroatoms. The van der Waals surface area contributed by atoms with Crippen LogP contribution in [0.4, 0.5) is 58.4 Å². The molecule has 0 aromatic heterocycles. The van der Waals surface area contributed by atoms with Crippen LogP contribution in [0, 0.1) is 13.7 Å². The molecule has 0 bridgehead atoms. The number of nitro benzene ring substituents is 1. The van der Waals surface area contributed by atoms with Gasteiger partial charge in [0.05, 0.1) is 10.5 Å². The molecule has 0 amide bonds. The number of hydrogen-bond acceptors (Lipinski definition) is 2. The van der Waals surface area contributed by atoms with Crippen molar-refractivity contribution in [2.24, 2.45) is 0 Å². The number of nitrogens with zero attached hydrogens (tertiary/aromatic N) is 1. The minimum absolute atomic E-state index is 0.101. The van der Waals surface area contributed by atoms with Crippen LogP contribution in [0.3, 0.4) is 0 Å². The lowest BCUT2D eigenvalue weighted by molar-refractivity contribution is -0.389. The van der Waals surface area contributed by atoms with E-state index in [1.54, 1.807) is 0 Å². The van der Waals surface area contributed by atoms with Gasteiger partial charge in [-0.05, 0) is 52.4 Å². The van der Waals surface area contributed by atoms with Gasteiger partial charge < -0.3 is 0 Å². The molecule has 33 heavy (non-hydrogen) atoms. The Morgan fingerprint density at radius 3 is 1.61 bits per heavy atom. The summed E-state index contributed by atoms with van der Waals surface area (Å²) in [5.41, 5.74) is -14.3. The molecule has 2 aromatic carbocycles. The monoisotopic (exact) mass is 611 g/mol. The van der Waals surface area contributed by atoms with Crippen molar-refractivity contribution < 1.29 is 57.6 Å². The van der Waals surface area contributed by atoms with Gasteiger partial charge >= 0.3 is 30.1 Å². The van der Waals surface area contributed by atoms with E-state index in [9.17, 15) is 58.4 Å². The molecular weight excluding hydrogens is 605 g/mol. The Kier molecular flexibility index (Phi) is 6.70. The van der Waals surface area contributed by atoms with Crippen molar-refractivity contribution in [3.8, 4) is 11.1 Å². The van der Waals surface area contributed by atoms with Crippen molar-refractivity contribution >= 4 is 28.3 Å². The van der Waals surface area contributed by atoms with Crippen molar-refractivity contribution in [3.05, 3.63) is 61.2 Å².